The van der Waals surface area contributed by atoms with Gasteiger partial charge in [0.1, 0.15) is 6.10 Å². The maximum Gasteiger partial charge on any atom is 0.414 e. The Morgan fingerprint density at radius 3 is 2.24 bits per heavy atom. The number of sulfone groups is 1. The number of hydrogen-bond donors (Lipinski definition) is 0. The highest BCUT2D eigenvalue weighted by molar-refractivity contribution is 7.91. The van der Waals surface area contributed by atoms with Crippen LogP contribution < -0.4 is 9.80 Å². The maximum absolute atomic E-state index is 13.2. The lowest BCUT2D eigenvalue weighted by Crippen LogP contribution is -2.52. The van der Waals surface area contributed by atoms with E-state index in [9.17, 15) is 18.0 Å². The van der Waals surface area contributed by atoms with Gasteiger partial charge in [-0.25, -0.2) is 13.2 Å². The number of amides is 2. The van der Waals surface area contributed by atoms with Gasteiger partial charge in [0, 0.05) is 13.5 Å². The number of carbonyl (C=O) groups is 2. The first-order valence-corrected chi connectivity index (χ1v) is 13.6. The molecule has 1 atom stereocenters. The Kier molecular flexibility index (Phi) is 6.98. The molecule has 8 heteroatoms. The molecule has 2 aromatic rings. The van der Waals surface area contributed by atoms with Gasteiger partial charge in [0.05, 0.1) is 28.1 Å². The first-order chi connectivity index (χ1) is 16.2. The van der Waals surface area contributed by atoms with Crippen LogP contribution in [0.5, 0.6) is 0 Å². The van der Waals surface area contributed by atoms with E-state index in [0.717, 1.165) is 36.8 Å². The predicted octanol–water partition coefficient (Wildman–Crippen LogP) is 5.18. The minimum Gasteiger partial charge on any atom is -0.446 e. The number of benzene rings is 2. The van der Waals surface area contributed by atoms with E-state index in [1.54, 1.807) is 41.0 Å². The summed E-state index contributed by atoms with van der Waals surface area (Å²) in [4.78, 5) is 29.3. The molecule has 0 spiro atoms. The van der Waals surface area contributed by atoms with Crippen LogP contribution in [0.25, 0.3) is 11.1 Å². The average Bonchev–Trinajstić information content (AvgIpc) is 2.83. The second-order valence-electron chi connectivity index (χ2n) is 9.12. The lowest BCUT2D eigenvalue weighted by molar-refractivity contribution is -0.117. The van der Waals surface area contributed by atoms with E-state index < -0.39 is 9.84 Å². The van der Waals surface area contributed by atoms with Gasteiger partial charge in [0.25, 0.3) is 0 Å². The van der Waals surface area contributed by atoms with Crippen LogP contribution in [0.2, 0.25) is 0 Å². The highest BCUT2D eigenvalue weighted by atomic mass is 32.2. The van der Waals surface area contributed by atoms with Gasteiger partial charge in [-0.3, -0.25) is 9.69 Å². The van der Waals surface area contributed by atoms with E-state index in [0.29, 0.717) is 17.9 Å². The molecule has 0 radical (unpaired) electrons. The van der Waals surface area contributed by atoms with Crippen LogP contribution in [-0.2, 0) is 19.4 Å². The van der Waals surface area contributed by atoms with E-state index in [2.05, 4.69) is 0 Å². The third-order valence-corrected chi connectivity index (χ3v) is 8.47. The summed E-state index contributed by atoms with van der Waals surface area (Å²) in [6, 6.07) is 12.2. The first kappa shape index (κ1) is 24.3. The summed E-state index contributed by atoms with van der Waals surface area (Å²) >= 11 is 0. The van der Waals surface area contributed by atoms with E-state index in [-0.39, 0.29) is 34.8 Å². The highest BCUT2D eigenvalue weighted by Crippen LogP contribution is 2.39. The number of hydrogen-bond acceptors (Lipinski definition) is 5. The molecule has 182 valence electrons. The Morgan fingerprint density at radius 2 is 1.62 bits per heavy atom. The summed E-state index contributed by atoms with van der Waals surface area (Å²) in [6.07, 6.45) is 4.62. The highest BCUT2D eigenvalue weighted by Gasteiger charge is 2.35. The molecule has 1 aliphatic heterocycles. The minimum absolute atomic E-state index is 0.0440. The van der Waals surface area contributed by atoms with Crippen LogP contribution in [-0.4, -0.2) is 44.9 Å². The molecule has 1 aliphatic carbocycles. The Balaban J connectivity index is 1.70. The zero-order valence-corrected chi connectivity index (χ0v) is 20.8. The van der Waals surface area contributed by atoms with Crippen molar-refractivity contribution in [3.63, 3.8) is 0 Å². The molecule has 0 unspecified atom stereocenters. The Bertz CT molecular complexity index is 1170. The van der Waals surface area contributed by atoms with Crippen LogP contribution in [0.1, 0.15) is 52.9 Å². The Hall–Kier alpha value is -2.87. The van der Waals surface area contributed by atoms with E-state index >= 15 is 0 Å². The van der Waals surface area contributed by atoms with Crippen molar-refractivity contribution in [3.8, 4) is 11.1 Å². The van der Waals surface area contributed by atoms with Crippen LogP contribution in [0.3, 0.4) is 0 Å². The second kappa shape index (κ2) is 9.78. The molecule has 1 fully saturated rings. The molecule has 7 nitrogen and oxygen atoms in total. The molecule has 0 N–H and O–H groups in total. The zero-order chi connectivity index (χ0) is 24.5. The summed E-state index contributed by atoms with van der Waals surface area (Å²) in [5.41, 5.74) is 2.94. The summed E-state index contributed by atoms with van der Waals surface area (Å²) in [7, 11) is -3.28. The van der Waals surface area contributed by atoms with Crippen molar-refractivity contribution in [2.45, 2.75) is 69.9 Å². The third kappa shape index (κ3) is 4.82. The van der Waals surface area contributed by atoms with Gasteiger partial charge in [-0.15, -0.1) is 0 Å². The van der Waals surface area contributed by atoms with Crippen molar-refractivity contribution in [1.29, 1.82) is 0 Å². The molecule has 4 rings (SSSR count). The molecule has 1 saturated carbocycles. The fourth-order valence-electron chi connectivity index (χ4n) is 4.87. The van der Waals surface area contributed by atoms with Gasteiger partial charge in [-0.1, -0.05) is 31.5 Å². The molecule has 2 aromatic carbocycles. The Morgan fingerprint density at radius 1 is 0.971 bits per heavy atom. The number of fused-ring (bicyclic) bond motifs is 1. The van der Waals surface area contributed by atoms with Crippen molar-refractivity contribution in [1.82, 2.24) is 0 Å². The molecule has 2 amide bonds. The second-order valence-corrected chi connectivity index (χ2v) is 11.4. The van der Waals surface area contributed by atoms with Crippen molar-refractivity contribution in [3.05, 3.63) is 42.5 Å². The monoisotopic (exact) mass is 484 g/mol. The minimum atomic E-state index is -3.28. The fourth-order valence-corrected chi connectivity index (χ4v) is 5.75. The van der Waals surface area contributed by atoms with Crippen molar-refractivity contribution in [2.75, 3.05) is 22.1 Å². The van der Waals surface area contributed by atoms with Crippen LogP contribution in [0.4, 0.5) is 16.2 Å². The lowest BCUT2D eigenvalue weighted by Gasteiger charge is -2.41. The third-order valence-electron chi connectivity index (χ3n) is 6.72. The molecular weight excluding hydrogens is 452 g/mol. The number of anilines is 2. The molecule has 34 heavy (non-hydrogen) atoms. The molecule has 2 aliphatic rings. The SMILES string of the molecule is CCS(=O)(=O)c1ccc(-c2ccc3c(c2)N(C(=O)OC2CCCCC2)C[C@H](C)N3C(C)=O)cc1. The smallest absolute Gasteiger partial charge is 0.414 e. The largest absolute Gasteiger partial charge is 0.446 e. The molecule has 0 bridgehead atoms. The van der Waals surface area contributed by atoms with Crippen molar-refractivity contribution >= 4 is 33.2 Å². The summed E-state index contributed by atoms with van der Waals surface area (Å²) in [6.45, 7) is 5.41. The zero-order valence-electron chi connectivity index (χ0n) is 20.0. The van der Waals surface area contributed by atoms with Gasteiger partial charge in [-0.05, 0) is 68.0 Å². The van der Waals surface area contributed by atoms with Gasteiger partial charge in [-0.2, -0.15) is 0 Å². The topological polar surface area (TPSA) is 84.0 Å². The van der Waals surface area contributed by atoms with Crippen molar-refractivity contribution in [2.24, 2.45) is 0 Å². The summed E-state index contributed by atoms with van der Waals surface area (Å²) in [5, 5.41) is 0. The van der Waals surface area contributed by atoms with Crippen LogP contribution in [0, 0.1) is 0 Å². The lowest BCUT2D eigenvalue weighted by atomic mass is 9.98. The number of carbonyl (C=O) groups excluding carboxylic acids is 2. The quantitative estimate of drug-likeness (QED) is 0.597. The molecule has 0 aromatic heterocycles. The van der Waals surface area contributed by atoms with E-state index in [4.69, 9.17) is 4.74 Å². The number of nitrogens with zero attached hydrogens (tertiary/aromatic N) is 2. The van der Waals surface area contributed by atoms with Crippen LogP contribution >= 0.6 is 0 Å². The fraction of sp³-hybridized carbons (Fsp3) is 0.462. The van der Waals surface area contributed by atoms with Gasteiger partial charge in [0.2, 0.25) is 5.91 Å². The molecule has 1 heterocycles. The van der Waals surface area contributed by atoms with Gasteiger partial charge < -0.3 is 9.64 Å². The van der Waals surface area contributed by atoms with Crippen molar-refractivity contribution < 1.29 is 22.7 Å². The summed E-state index contributed by atoms with van der Waals surface area (Å²) < 4.78 is 30.2. The predicted molar refractivity (Wildman–Crippen MR) is 133 cm³/mol. The molecular formula is C26H32N2O5S. The molecule has 0 saturated heterocycles. The normalized spacial score (nSPS) is 19.0. The summed E-state index contributed by atoms with van der Waals surface area (Å²) in [5.74, 6) is -0.0431. The van der Waals surface area contributed by atoms with Crippen LogP contribution in [0.15, 0.2) is 47.4 Å². The maximum atomic E-state index is 13.2. The standard InChI is InChI=1S/C26H32N2O5S/c1-4-34(31,32)23-13-10-20(11-14-23)21-12-15-24-25(16-21)27(17-18(2)28(24)19(3)29)26(30)33-22-8-6-5-7-9-22/h10-16,18,22H,4-9,17H2,1-3H3/t18-/m0/s1. The van der Waals surface area contributed by atoms with Gasteiger partial charge >= 0.3 is 6.09 Å². The van der Waals surface area contributed by atoms with E-state index in [1.165, 1.54) is 13.3 Å². The average molecular weight is 485 g/mol. The first-order valence-electron chi connectivity index (χ1n) is 12.0. The number of ether oxygens (including phenoxy) is 1. The van der Waals surface area contributed by atoms with Gasteiger partial charge in [0.15, 0.2) is 9.84 Å². The number of rotatable bonds is 4. The Labute approximate surface area is 201 Å². The van der Waals surface area contributed by atoms with E-state index in [1.807, 2.05) is 25.1 Å².